The molecule has 0 aliphatic carbocycles. The summed E-state index contributed by atoms with van der Waals surface area (Å²) in [4.78, 5) is 16.6. The molecule has 0 fully saturated rings. The second-order valence-corrected chi connectivity index (χ2v) is 7.76. The van der Waals surface area contributed by atoms with Crippen molar-refractivity contribution in [3.05, 3.63) is 84.7 Å². The molecule has 32 heavy (non-hydrogen) atoms. The summed E-state index contributed by atoms with van der Waals surface area (Å²) in [5.41, 5.74) is 7.54. The Hall–Kier alpha value is -4.39. The van der Waals surface area contributed by atoms with Crippen LogP contribution in [0.3, 0.4) is 0 Å². The summed E-state index contributed by atoms with van der Waals surface area (Å²) in [6.45, 7) is 1.89. The largest absolute Gasteiger partial charge is 0.338 e. The van der Waals surface area contributed by atoms with Gasteiger partial charge in [0, 0.05) is 46.7 Å². The van der Waals surface area contributed by atoms with Gasteiger partial charge in [0.05, 0.1) is 11.4 Å². The summed E-state index contributed by atoms with van der Waals surface area (Å²) in [5, 5.41) is 9.26. The van der Waals surface area contributed by atoms with Crippen LogP contribution in [0.25, 0.3) is 55.7 Å². The molecular weight excluding hydrogens is 403 g/mol. The molecule has 5 aromatic heterocycles. The van der Waals surface area contributed by atoms with E-state index in [0.717, 1.165) is 55.6 Å². The Morgan fingerprint density at radius 3 is 2.62 bits per heavy atom. The number of aryl methyl sites for hydroxylation is 1. The number of halogens is 1. The van der Waals surface area contributed by atoms with Crippen LogP contribution in [0.4, 0.5) is 4.39 Å². The highest BCUT2D eigenvalue weighted by Gasteiger charge is 2.15. The first-order valence-corrected chi connectivity index (χ1v) is 10.2. The van der Waals surface area contributed by atoms with Crippen LogP contribution in [0.2, 0.25) is 0 Å². The van der Waals surface area contributed by atoms with Gasteiger partial charge in [-0.2, -0.15) is 5.10 Å². The summed E-state index contributed by atoms with van der Waals surface area (Å²) in [6.07, 6.45) is 7.07. The molecule has 0 atom stereocenters. The lowest BCUT2D eigenvalue weighted by Crippen LogP contribution is -1.85. The van der Waals surface area contributed by atoms with Crippen LogP contribution >= 0.6 is 0 Å². The zero-order valence-corrected chi connectivity index (χ0v) is 17.1. The molecule has 2 N–H and O–H groups in total. The summed E-state index contributed by atoms with van der Waals surface area (Å²) in [6, 6.07) is 14.9. The van der Waals surface area contributed by atoms with Gasteiger partial charge in [0.15, 0.2) is 5.65 Å². The fourth-order valence-corrected chi connectivity index (χ4v) is 4.10. The predicted molar refractivity (Wildman–Crippen MR) is 122 cm³/mol. The van der Waals surface area contributed by atoms with Gasteiger partial charge in [0.25, 0.3) is 0 Å². The smallest absolute Gasteiger partial charge is 0.181 e. The zero-order chi connectivity index (χ0) is 21.7. The van der Waals surface area contributed by atoms with E-state index in [2.05, 4.69) is 30.1 Å². The first-order chi connectivity index (χ1) is 15.7. The van der Waals surface area contributed by atoms with Gasteiger partial charge in [-0.1, -0.05) is 12.1 Å². The number of nitrogens with one attached hydrogen (secondary N) is 2. The molecule has 5 heterocycles. The lowest BCUT2D eigenvalue weighted by Gasteiger charge is -2.05. The Morgan fingerprint density at radius 2 is 1.78 bits per heavy atom. The van der Waals surface area contributed by atoms with Crippen LogP contribution in [0, 0.1) is 12.7 Å². The maximum absolute atomic E-state index is 14.0. The summed E-state index contributed by atoms with van der Waals surface area (Å²) in [5.74, 6) is -0.255. The molecule has 0 bridgehead atoms. The zero-order valence-electron chi connectivity index (χ0n) is 17.1. The third kappa shape index (κ3) is 3.02. The molecule has 0 saturated carbocycles. The van der Waals surface area contributed by atoms with Gasteiger partial charge in [0.2, 0.25) is 0 Å². The molecule has 0 aliphatic rings. The van der Waals surface area contributed by atoms with Crippen LogP contribution in [0.1, 0.15) is 5.56 Å². The molecule has 6 rings (SSSR count). The molecular formula is C25H17FN6. The van der Waals surface area contributed by atoms with Crippen molar-refractivity contribution < 1.29 is 4.39 Å². The van der Waals surface area contributed by atoms with Crippen LogP contribution < -0.4 is 0 Å². The lowest BCUT2D eigenvalue weighted by molar-refractivity contribution is 0.627. The van der Waals surface area contributed by atoms with Crippen molar-refractivity contribution in [2.75, 3.05) is 0 Å². The summed E-state index contributed by atoms with van der Waals surface area (Å²) in [7, 11) is 0. The van der Waals surface area contributed by atoms with Crippen molar-refractivity contribution in [3.63, 3.8) is 0 Å². The second-order valence-electron chi connectivity index (χ2n) is 7.76. The molecule has 0 unspecified atom stereocenters. The highest BCUT2D eigenvalue weighted by Crippen LogP contribution is 2.34. The monoisotopic (exact) mass is 420 g/mol. The molecule has 0 aliphatic heterocycles. The molecule has 0 amide bonds. The van der Waals surface area contributed by atoms with Crippen molar-refractivity contribution in [1.82, 2.24) is 30.1 Å². The predicted octanol–water partition coefficient (Wildman–Crippen LogP) is 5.68. The first kappa shape index (κ1) is 18.4. The van der Waals surface area contributed by atoms with Crippen LogP contribution in [0.15, 0.2) is 73.3 Å². The molecule has 1 aromatic carbocycles. The number of aromatic amines is 2. The van der Waals surface area contributed by atoms with Crippen LogP contribution in [0.5, 0.6) is 0 Å². The van der Waals surface area contributed by atoms with E-state index >= 15 is 0 Å². The van der Waals surface area contributed by atoms with E-state index in [0.29, 0.717) is 5.65 Å². The third-order valence-corrected chi connectivity index (χ3v) is 5.56. The number of pyridine rings is 3. The van der Waals surface area contributed by atoms with Gasteiger partial charge < -0.3 is 4.98 Å². The number of benzene rings is 1. The maximum atomic E-state index is 14.0. The van der Waals surface area contributed by atoms with Crippen molar-refractivity contribution in [3.8, 4) is 33.6 Å². The molecule has 7 heteroatoms. The molecule has 154 valence electrons. The topological polar surface area (TPSA) is 83.1 Å². The van der Waals surface area contributed by atoms with E-state index in [1.807, 2.05) is 49.5 Å². The normalized spacial score (nSPS) is 11.4. The average molecular weight is 420 g/mol. The molecule has 6 nitrogen and oxygen atoms in total. The minimum absolute atomic E-state index is 0.255. The number of rotatable bonds is 3. The average Bonchev–Trinajstić information content (AvgIpc) is 3.42. The van der Waals surface area contributed by atoms with E-state index < -0.39 is 0 Å². The Labute approximate surface area is 182 Å². The van der Waals surface area contributed by atoms with Crippen molar-refractivity contribution in [1.29, 1.82) is 0 Å². The first-order valence-electron chi connectivity index (χ1n) is 10.2. The van der Waals surface area contributed by atoms with Gasteiger partial charge in [-0.3, -0.25) is 10.1 Å². The van der Waals surface area contributed by atoms with E-state index in [1.54, 1.807) is 24.7 Å². The maximum Gasteiger partial charge on any atom is 0.181 e. The Kier molecular flexibility index (Phi) is 4.07. The van der Waals surface area contributed by atoms with Gasteiger partial charge in [-0.15, -0.1) is 0 Å². The van der Waals surface area contributed by atoms with Gasteiger partial charge in [0.1, 0.15) is 11.5 Å². The van der Waals surface area contributed by atoms with Crippen molar-refractivity contribution in [2.24, 2.45) is 0 Å². The van der Waals surface area contributed by atoms with E-state index in [-0.39, 0.29) is 5.82 Å². The third-order valence-electron chi connectivity index (χ3n) is 5.56. The highest BCUT2D eigenvalue weighted by atomic mass is 19.1. The van der Waals surface area contributed by atoms with Gasteiger partial charge >= 0.3 is 0 Å². The van der Waals surface area contributed by atoms with E-state index in [4.69, 9.17) is 0 Å². The second kappa shape index (κ2) is 7.09. The standard InChI is InChI=1S/C25H17FN6/c1-14-7-16(9-18(26)8-14)19-4-6-28-24-20(19)11-22(30-24)23-21-10-17(13-29-25(21)32-31-23)15-3-2-5-27-12-15/h2-13H,1H3,(H,28,30)(H,29,31,32). The minimum atomic E-state index is -0.255. The number of aromatic nitrogens is 6. The molecule has 6 aromatic rings. The fourth-order valence-electron chi connectivity index (χ4n) is 4.10. The number of hydrogen-bond acceptors (Lipinski definition) is 4. The quantitative estimate of drug-likeness (QED) is 0.386. The summed E-state index contributed by atoms with van der Waals surface area (Å²) >= 11 is 0. The molecule has 0 spiro atoms. The van der Waals surface area contributed by atoms with Crippen LogP contribution in [-0.2, 0) is 0 Å². The van der Waals surface area contributed by atoms with Crippen molar-refractivity contribution in [2.45, 2.75) is 6.92 Å². The van der Waals surface area contributed by atoms with Gasteiger partial charge in [-0.25, -0.2) is 14.4 Å². The van der Waals surface area contributed by atoms with Crippen LogP contribution in [-0.4, -0.2) is 30.1 Å². The fraction of sp³-hybridized carbons (Fsp3) is 0.0400. The Balaban J connectivity index is 1.52. The molecule has 0 saturated heterocycles. The number of hydrogen-bond donors (Lipinski definition) is 2. The summed E-state index contributed by atoms with van der Waals surface area (Å²) < 4.78 is 14.0. The van der Waals surface area contributed by atoms with Gasteiger partial charge in [-0.05, 0) is 60.0 Å². The highest BCUT2D eigenvalue weighted by molar-refractivity contribution is 5.99. The molecule has 0 radical (unpaired) electrons. The number of nitrogens with zero attached hydrogens (tertiary/aromatic N) is 4. The SMILES string of the molecule is Cc1cc(F)cc(-c2ccnc3[nH]c(-c4[nH]nc5ncc(-c6cccnc6)cc45)cc23)c1. The Morgan fingerprint density at radius 1 is 0.844 bits per heavy atom. The lowest BCUT2D eigenvalue weighted by atomic mass is 10.0. The van der Waals surface area contributed by atoms with Crippen molar-refractivity contribution >= 4 is 22.1 Å². The van der Waals surface area contributed by atoms with E-state index in [1.165, 1.54) is 6.07 Å². The Bertz CT molecular complexity index is 1580. The minimum Gasteiger partial charge on any atom is -0.338 e. The van der Waals surface area contributed by atoms with E-state index in [9.17, 15) is 4.39 Å². The number of H-pyrrole nitrogens is 2. The number of fused-ring (bicyclic) bond motifs is 2.